The van der Waals surface area contributed by atoms with Gasteiger partial charge in [0.25, 0.3) is 5.91 Å². The second-order valence-electron chi connectivity index (χ2n) is 6.91. The number of hydrogen-bond donors (Lipinski definition) is 0. The maximum atomic E-state index is 13.2. The van der Waals surface area contributed by atoms with Crippen LogP contribution in [-0.4, -0.2) is 24.2 Å². The zero-order chi connectivity index (χ0) is 20.2. The summed E-state index contributed by atoms with van der Waals surface area (Å²) >= 11 is 1.73. The summed E-state index contributed by atoms with van der Waals surface area (Å²) in [4.78, 5) is 28.4. The lowest BCUT2D eigenvalue weighted by Crippen LogP contribution is -2.41. The van der Waals surface area contributed by atoms with E-state index >= 15 is 0 Å². The number of ether oxygens (including phenoxy) is 1. The fraction of sp³-hybridized carbons (Fsp3) is 0.167. The van der Waals surface area contributed by atoms with E-state index in [0.717, 1.165) is 27.5 Å². The molecular formula is C24H21NO3S. The van der Waals surface area contributed by atoms with Crippen LogP contribution in [0.5, 0.6) is 0 Å². The van der Waals surface area contributed by atoms with Crippen molar-refractivity contribution in [1.29, 1.82) is 0 Å². The molecular weight excluding hydrogens is 382 g/mol. The number of carbonyl (C=O) groups excluding carboxylic acids is 2. The Labute approximate surface area is 174 Å². The predicted octanol–water partition coefficient (Wildman–Crippen LogP) is 5.03. The maximum absolute atomic E-state index is 13.2. The SMILES string of the molecule is Cc1cccc(C(=O)OCC(=O)N2c3ccccc3SC[C@@H]2c2ccccc2)c1. The number of nitrogens with zero attached hydrogens (tertiary/aromatic N) is 1. The van der Waals surface area contributed by atoms with Crippen LogP contribution in [-0.2, 0) is 9.53 Å². The van der Waals surface area contributed by atoms with Crippen molar-refractivity contribution in [2.45, 2.75) is 17.9 Å². The smallest absolute Gasteiger partial charge is 0.338 e. The average Bonchev–Trinajstić information content (AvgIpc) is 2.77. The lowest BCUT2D eigenvalue weighted by atomic mass is 10.1. The molecule has 0 N–H and O–H groups in total. The molecule has 1 atom stereocenters. The van der Waals surface area contributed by atoms with Crippen LogP contribution in [0.4, 0.5) is 5.69 Å². The Balaban J connectivity index is 1.57. The Morgan fingerprint density at radius 3 is 2.55 bits per heavy atom. The van der Waals surface area contributed by atoms with E-state index in [-0.39, 0.29) is 18.6 Å². The highest BCUT2D eigenvalue weighted by Gasteiger charge is 2.32. The van der Waals surface area contributed by atoms with Gasteiger partial charge < -0.3 is 4.74 Å². The first-order chi connectivity index (χ1) is 14.1. The molecule has 3 aromatic rings. The maximum Gasteiger partial charge on any atom is 0.338 e. The highest BCUT2D eigenvalue weighted by molar-refractivity contribution is 7.99. The molecule has 4 rings (SSSR count). The minimum absolute atomic E-state index is 0.110. The fourth-order valence-corrected chi connectivity index (χ4v) is 4.64. The first kappa shape index (κ1) is 19.3. The molecule has 0 saturated heterocycles. The zero-order valence-corrected chi connectivity index (χ0v) is 16.9. The van der Waals surface area contributed by atoms with Crippen molar-refractivity contribution in [1.82, 2.24) is 0 Å². The average molecular weight is 404 g/mol. The molecule has 0 radical (unpaired) electrons. The first-order valence-electron chi connectivity index (χ1n) is 9.46. The molecule has 0 bridgehead atoms. The normalized spacial score (nSPS) is 15.5. The van der Waals surface area contributed by atoms with Crippen molar-refractivity contribution in [2.75, 3.05) is 17.3 Å². The number of benzene rings is 3. The van der Waals surface area contributed by atoms with Crippen molar-refractivity contribution in [3.8, 4) is 0 Å². The Kier molecular flexibility index (Phi) is 5.67. The lowest BCUT2D eigenvalue weighted by molar-refractivity contribution is -0.122. The van der Waals surface area contributed by atoms with Gasteiger partial charge >= 0.3 is 5.97 Å². The summed E-state index contributed by atoms with van der Waals surface area (Å²) in [7, 11) is 0. The van der Waals surface area contributed by atoms with E-state index in [4.69, 9.17) is 4.74 Å². The molecule has 0 saturated carbocycles. The van der Waals surface area contributed by atoms with Crippen LogP contribution in [0.15, 0.2) is 83.8 Å². The summed E-state index contributed by atoms with van der Waals surface area (Å²) in [6, 6.07) is 24.9. The van der Waals surface area contributed by atoms with Crippen LogP contribution in [0.2, 0.25) is 0 Å². The lowest BCUT2D eigenvalue weighted by Gasteiger charge is -2.37. The number of fused-ring (bicyclic) bond motifs is 1. The van der Waals surface area contributed by atoms with Gasteiger partial charge in [0.1, 0.15) is 0 Å². The van der Waals surface area contributed by atoms with Gasteiger partial charge in [-0.2, -0.15) is 0 Å². The van der Waals surface area contributed by atoms with Crippen molar-refractivity contribution in [2.24, 2.45) is 0 Å². The number of hydrogen-bond acceptors (Lipinski definition) is 4. The summed E-state index contributed by atoms with van der Waals surface area (Å²) in [5.41, 5.74) is 3.34. The Morgan fingerprint density at radius 1 is 1.00 bits per heavy atom. The molecule has 3 aromatic carbocycles. The largest absolute Gasteiger partial charge is 0.452 e. The van der Waals surface area contributed by atoms with Crippen molar-refractivity contribution < 1.29 is 14.3 Å². The van der Waals surface area contributed by atoms with Crippen molar-refractivity contribution in [3.05, 3.63) is 95.6 Å². The summed E-state index contributed by atoms with van der Waals surface area (Å²) < 4.78 is 5.36. The topological polar surface area (TPSA) is 46.6 Å². The molecule has 0 fully saturated rings. The number of para-hydroxylation sites is 1. The molecule has 5 heteroatoms. The Morgan fingerprint density at radius 2 is 1.76 bits per heavy atom. The third kappa shape index (κ3) is 4.20. The second-order valence-corrected chi connectivity index (χ2v) is 7.98. The Hall–Kier alpha value is -3.05. The molecule has 0 aromatic heterocycles. The van der Waals surface area contributed by atoms with Crippen LogP contribution < -0.4 is 4.90 Å². The van der Waals surface area contributed by atoms with E-state index in [9.17, 15) is 9.59 Å². The van der Waals surface area contributed by atoms with E-state index in [1.165, 1.54) is 0 Å². The van der Waals surface area contributed by atoms with Gasteiger partial charge in [-0.1, -0.05) is 60.2 Å². The number of thioether (sulfide) groups is 1. The minimum Gasteiger partial charge on any atom is -0.452 e. The van der Waals surface area contributed by atoms with Crippen LogP contribution in [0.25, 0.3) is 0 Å². The molecule has 1 heterocycles. The van der Waals surface area contributed by atoms with Gasteiger partial charge in [0.05, 0.1) is 17.3 Å². The molecule has 1 amide bonds. The third-order valence-corrected chi connectivity index (χ3v) is 6.01. The number of carbonyl (C=O) groups is 2. The highest BCUT2D eigenvalue weighted by atomic mass is 32.2. The van der Waals surface area contributed by atoms with Crippen LogP contribution in [0.1, 0.15) is 27.5 Å². The molecule has 146 valence electrons. The first-order valence-corrected chi connectivity index (χ1v) is 10.4. The van der Waals surface area contributed by atoms with Gasteiger partial charge in [-0.3, -0.25) is 9.69 Å². The van der Waals surface area contributed by atoms with E-state index in [0.29, 0.717) is 5.56 Å². The zero-order valence-electron chi connectivity index (χ0n) is 16.1. The number of aryl methyl sites for hydroxylation is 1. The molecule has 1 aliphatic rings. The van der Waals surface area contributed by atoms with E-state index in [2.05, 4.69) is 0 Å². The van der Waals surface area contributed by atoms with Gasteiger partial charge in [-0.15, -0.1) is 11.8 Å². The molecule has 0 spiro atoms. The summed E-state index contributed by atoms with van der Waals surface area (Å²) in [5.74, 6) is 0.0316. The van der Waals surface area contributed by atoms with Crippen molar-refractivity contribution in [3.63, 3.8) is 0 Å². The van der Waals surface area contributed by atoms with Gasteiger partial charge in [-0.05, 0) is 36.8 Å². The molecule has 0 aliphatic carbocycles. The van der Waals surface area contributed by atoms with Gasteiger partial charge in [0, 0.05) is 10.6 Å². The molecule has 29 heavy (non-hydrogen) atoms. The van der Waals surface area contributed by atoms with Crippen LogP contribution in [0, 0.1) is 6.92 Å². The standard InChI is InChI=1S/C24H21NO3S/c1-17-8-7-11-19(14-17)24(27)28-15-23(26)25-20-12-5-6-13-22(20)29-16-21(25)18-9-3-2-4-10-18/h2-14,21H,15-16H2,1H3/t21-/m1/s1. The minimum atomic E-state index is -0.488. The monoisotopic (exact) mass is 403 g/mol. The number of amides is 1. The van der Waals surface area contributed by atoms with Crippen LogP contribution in [0.3, 0.4) is 0 Å². The number of anilines is 1. The summed E-state index contributed by atoms with van der Waals surface area (Å²) in [6.07, 6.45) is 0. The Bertz CT molecular complexity index is 1040. The van der Waals surface area contributed by atoms with E-state index in [1.807, 2.05) is 67.6 Å². The predicted molar refractivity (Wildman–Crippen MR) is 115 cm³/mol. The highest BCUT2D eigenvalue weighted by Crippen LogP contribution is 2.43. The summed E-state index contributed by atoms with van der Waals surface area (Å²) in [6.45, 7) is 1.61. The van der Waals surface area contributed by atoms with Gasteiger partial charge in [0.15, 0.2) is 6.61 Å². The third-order valence-electron chi connectivity index (χ3n) is 4.87. The molecule has 0 unspecified atom stereocenters. The van der Waals surface area contributed by atoms with E-state index in [1.54, 1.807) is 34.9 Å². The second kappa shape index (κ2) is 8.53. The number of rotatable bonds is 4. The summed E-state index contributed by atoms with van der Waals surface area (Å²) in [5, 5.41) is 0. The van der Waals surface area contributed by atoms with Gasteiger partial charge in [0.2, 0.25) is 0 Å². The number of esters is 1. The quantitative estimate of drug-likeness (QED) is 0.573. The molecule has 1 aliphatic heterocycles. The van der Waals surface area contributed by atoms with Crippen LogP contribution >= 0.6 is 11.8 Å². The van der Waals surface area contributed by atoms with Crippen molar-refractivity contribution >= 4 is 29.3 Å². The fourth-order valence-electron chi connectivity index (χ4n) is 3.47. The molecule has 4 nitrogen and oxygen atoms in total. The van der Waals surface area contributed by atoms with Gasteiger partial charge in [-0.25, -0.2) is 4.79 Å². The van der Waals surface area contributed by atoms with E-state index < -0.39 is 5.97 Å².